The van der Waals surface area contributed by atoms with E-state index in [1.165, 1.54) is 13.2 Å². The number of hydrogen-bond donors (Lipinski definition) is 0. The van der Waals surface area contributed by atoms with Gasteiger partial charge in [0.2, 0.25) is 0 Å². The zero-order chi connectivity index (χ0) is 17.2. The van der Waals surface area contributed by atoms with Crippen LogP contribution in [0.2, 0.25) is 0 Å². The number of carbonyl (C=O) groups excluding carboxylic acids is 4. The quantitative estimate of drug-likeness (QED) is 0.442. The Morgan fingerprint density at radius 3 is 2.61 bits per heavy atom. The van der Waals surface area contributed by atoms with Crippen LogP contribution in [-0.2, 0) is 28.7 Å². The van der Waals surface area contributed by atoms with Crippen LogP contribution < -0.4 is 0 Å². The van der Waals surface area contributed by atoms with Crippen LogP contribution in [0, 0.1) is 17.3 Å². The summed E-state index contributed by atoms with van der Waals surface area (Å²) in [4.78, 5) is 49.5. The van der Waals surface area contributed by atoms with E-state index >= 15 is 0 Å². The fourth-order valence-electron chi connectivity index (χ4n) is 3.59. The Kier molecular flexibility index (Phi) is 4.82. The number of carbonyl (C=O) groups is 4. The molecular weight excluding hydrogens is 300 g/mol. The molecule has 3 atom stereocenters. The van der Waals surface area contributed by atoms with Crippen molar-refractivity contribution in [3.05, 3.63) is 23.8 Å². The lowest BCUT2D eigenvalue weighted by Gasteiger charge is -2.45. The predicted molar refractivity (Wildman–Crippen MR) is 80.2 cm³/mol. The highest BCUT2D eigenvalue weighted by molar-refractivity contribution is 6.19. The van der Waals surface area contributed by atoms with Gasteiger partial charge in [-0.3, -0.25) is 19.2 Å². The molecule has 0 unspecified atom stereocenters. The first-order valence-electron chi connectivity index (χ1n) is 7.56. The third-order valence-corrected chi connectivity index (χ3v) is 4.67. The number of ketones is 2. The van der Waals surface area contributed by atoms with Gasteiger partial charge in [-0.1, -0.05) is 11.6 Å². The van der Waals surface area contributed by atoms with Gasteiger partial charge >= 0.3 is 11.9 Å². The highest BCUT2D eigenvalue weighted by atomic mass is 16.5. The summed E-state index contributed by atoms with van der Waals surface area (Å²) in [6, 6.07) is 0. The summed E-state index contributed by atoms with van der Waals surface area (Å²) < 4.78 is 9.82. The standard InChI is InChI=1S/C17H20O6/c1-4-23-15(20)9-12-10(2)5-6-11-13(18)7-8-14(19)17(11,12)16(21)22-3/h5,7-8,11-12H,4,6,9H2,1-3H3/t11-,12-,17-/m1/s1. The molecule has 0 saturated carbocycles. The monoisotopic (exact) mass is 320 g/mol. The smallest absolute Gasteiger partial charge is 0.321 e. The van der Waals surface area contributed by atoms with Crippen molar-refractivity contribution in [2.45, 2.75) is 26.7 Å². The summed E-state index contributed by atoms with van der Waals surface area (Å²) in [5.41, 5.74) is -0.956. The molecule has 23 heavy (non-hydrogen) atoms. The molecule has 0 amide bonds. The summed E-state index contributed by atoms with van der Waals surface area (Å²) in [6.45, 7) is 3.63. The average Bonchev–Trinajstić information content (AvgIpc) is 2.52. The molecule has 2 rings (SSSR count). The third kappa shape index (κ3) is 2.62. The minimum atomic E-state index is -1.67. The van der Waals surface area contributed by atoms with Crippen LogP contribution in [0.1, 0.15) is 26.7 Å². The molecule has 2 aliphatic rings. The summed E-state index contributed by atoms with van der Waals surface area (Å²) in [6.07, 6.45) is 4.25. The van der Waals surface area contributed by atoms with Gasteiger partial charge in [-0.15, -0.1) is 0 Å². The van der Waals surface area contributed by atoms with Gasteiger partial charge in [0.1, 0.15) is 5.41 Å². The highest BCUT2D eigenvalue weighted by Gasteiger charge is 2.62. The number of hydrogen-bond acceptors (Lipinski definition) is 6. The Morgan fingerprint density at radius 1 is 1.30 bits per heavy atom. The molecule has 2 aliphatic carbocycles. The van der Waals surface area contributed by atoms with Crippen LogP contribution in [0.25, 0.3) is 0 Å². The molecule has 6 nitrogen and oxygen atoms in total. The van der Waals surface area contributed by atoms with Crippen LogP contribution >= 0.6 is 0 Å². The molecule has 0 saturated heterocycles. The SMILES string of the molecule is CCOC(=O)C[C@@H]1C(C)=CC[C@@H]2C(=O)C=CC(=O)[C@@]21C(=O)OC. The fraction of sp³-hybridized carbons (Fsp3) is 0.529. The van der Waals surface area contributed by atoms with Crippen LogP contribution in [0.4, 0.5) is 0 Å². The van der Waals surface area contributed by atoms with E-state index in [9.17, 15) is 19.2 Å². The summed E-state index contributed by atoms with van der Waals surface area (Å²) in [7, 11) is 1.18. The van der Waals surface area contributed by atoms with Gasteiger partial charge in [0.15, 0.2) is 11.6 Å². The molecule has 0 N–H and O–H groups in total. The molecule has 0 aliphatic heterocycles. The molecular formula is C17H20O6. The number of esters is 2. The molecule has 0 aromatic rings. The molecule has 0 radical (unpaired) electrons. The average molecular weight is 320 g/mol. The van der Waals surface area contributed by atoms with Gasteiger partial charge in [-0.05, 0) is 32.4 Å². The molecule has 0 aromatic heterocycles. The van der Waals surface area contributed by atoms with E-state index in [0.29, 0.717) is 0 Å². The van der Waals surface area contributed by atoms with E-state index in [0.717, 1.165) is 11.6 Å². The summed E-state index contributed by atoms with van der Waals surface area (Å²) in [5.74, 6) is -3.65. The minimum Gasteiger partial charge on any atom is -0.468 e. The largest absolute Gasteiger partial charge is 0.468 e. The lowest BCUT2D eigenvalue weighted by atomic mass is 9.54. The molecule has 0 aromatic carbocycles. The Hall–Kier alpha value is -2.24. The van der Waals surface area contributed by atoms with Gasteiger partial charge < -0.3 is 9.47 Å². The maximum atomic E-state index is 12.7. The second kappa shape index (κ2) is 6.48. The van der Waals surface area contributed by atoms with Gasteiger partial charge in [0, 0.05) is 11.8 Å². The summed E-state index contributed by atoms with van der Waals surface area (Å²) in [5, 5.41) is 0. The van der Waals surface area contributed by atoms with Crippen molar-refractivity contribution in [1.82, 2.24) is 0 Å². The summed E-state index contributed by atoms with van der Waals surface area (Å²) >= 11 is 0. The highest BCUT2D eigenvalue weighted by Crippen LogP contribution is 2.51. The van der Waals surface area contributed by atoms with Gasteiger partial charge in [-0.25, -0.2) is 0 Å². The Balaban J connectivity index is 2.57. The lowest BCUT2D eigenvalue weighted by molar-refractivity contribution is -0.169. The van der Waals surface area contributed by atoms with Crippen molar-refractivity contribution in [3.63, 3.8) is 0 Å². The van der Waals surface area contributed by atoms with Crippen LogP contribution in [-0.4, -0.2) is 37.2 Å². The molecule has 0 bridgehead atoms. The van der Waals surface area contributed by atoms with Crippen molar-refractivity contribution in [2.24, 2.45) is 17.3 Å². The van der Waals surface area contributed by atoms with Gasteiger partial charge in [-0.2, -0.15) is 0 Å². The maximum Gasteiger partial charge on any atom is 0.321 e. The van der Waals surface area contributed by atoms with Crippen molar-refractivity contribution in [1.29, 1.82) is 0 Å². The first-order valence-corrected chi connectivity index (χ1v) is 7.56. The molecule has 0 fully saturated rings. The number of ether oxygens (including phenoxy) is 2. The second-order valence-electron chi connectivity index (χ2n) is 5.76. The molecule has 6 heteroatoms. The number of methoxy groups -OCH3 is 1. The number of rotatable bonds is 4. The van der Waals surface area contributed by atoms with E-state index in [1.807, 2.05) is 0 Å². The second-order valence-corrected chi connectivity index (χ2v) is 5.76. The van der Waals surface area contributed by atoms with Crippen LogP contribution in [0.5, 0.6) is 0 Å². The molecule has 124 valence electrons. The topological polar surface area (TPSA) is 86.7 Å². The van der Waals surface area contributed by atoms with Crippen LogP contribution in [0.15, 0.2) is 23.8 Å². The van der Waals surface area contributed by atoms with Gasteiger partial charge in [0.05, 0.1) is 20.1 Å². The van der Waals surface area contributed by atoms with Gasteiger partial charge in [0.25, 0.3) is 0 Å². The first-order chi connectivity index (χ1) is 10.9. The van der Waals surface area contributed by atoms with Crippen molar-refractivity contribution in [3.8, 4) is 0 Å². The Labute approximate surface area is 134 Å². The zero-order valence-electron chi connectivity index (χ0n) is 13.5. The maximum absolute atomic E-state index is 12.7. The van der Waals surface area contributed by atoms with Crippen LogP contribution in [0.3, 0.4) is 0 Å². The van der Waals surface area contributed by atoms with Crippen molar-refractivity contribution in [2.75, 3.05) is 13.7 Å². The Morgan fingerprint density at radius 2 is 2.00 bits per heavy atom. The van der Waals surface area contributed by atoms with E-state index in [4.69, 9.17) is 9.47 Å². The van der Waals surface area contributed by atoms with E-state index in [2.05, 4.69) is 0 Å². The zero-order valence-corrected chi connectivity index (χ0v) is 13.5. The van der Waals surface area contributed by atoms with E-state index < -0.39 is 35.0 Å². The third-order valence-electron chi connectivity index (χ3n) is 4.67. The minimum absolute atomic E-state index is 0.144. The fourth-order valence-corrected chi connectivity index (χ4v) is 3.59. The van der Waals surface area contributed by atoms with E-state index in [-0.39, 0.29) is 25.2 Å². The molecule has 0 spiro atoms. The predicted octanol–water partition coefficient (Wildman–Crippen LogP) is 1.39. The molecule has 0 heterocycles. The van der Waals surface area contributed by atoms with E-state index in [1.54, 1.807) is 19.9 Å². The normalized spacial score (nSPS) is 29.6. The van der Waals surface area contributed by atoms with Crippen molar-refractivity contribution < 1.29 is 28.7 Å². The number of allylic oxidation sites excluding steroid dienone is 4. The lowest BCUT2D eigenvalue weighted by Crippen LogP contribution is -2.57. The first kappa shape index (κ1) is 17.1. The Bertz CT molecular complexity index is 615. The van der Waals surface area contributed by atoms with Crippen molar-refractivity contribution >= 4 is 23.5 Å². The number of fused-ring (bicyclic) bond motifs is 1.